The summed E-state index contributed by atoms with van der Waals surface area (Å²) in [6.45, 7) is 3.73. The van der Waals surface area contributed by atoms with Crippen molar-refractivity contribution in [3.8, 4) is 0 Å². The molecular formula is C15H24N2O5S. The molecule has 3 fully saturated rings. The van der Waals surface area contributed by atoms with Crippen molar-refractivity contribution in [2.45, 2.75) is 37.9 Å². The third kappa shape index (κ3) is 3.38. The third-order valence-electron chi connectivity index (χ3n) is 4.86. The number of esters is 1. The van der Waals surface area contributed by atoms with E-state index in [-0.39, 0.29) is 42.1 Å². The summed E-state index contributed by atoms with van der Waals surface area (Å²) in [6.07, 6.45) is 3.01. The number of hydrogen-bond acceptors (Lipinski definition) is 5. The minimum Gasteiger partial charge on any atom is -0.466 e. The Labute approximate surface area is 137 Å². The smallest absolute Gasteiger partial charge is 0.310 e. The number of amides is 1. The van der Waals surface area contributed by atoms with Gasteiger partial charge in [-0.15, -0.1) is 0 Å². The van der Waals surface area contributed by atoms with Crippen molar-refractivity contribution in [3.05, 3.63) is 0 Å². The third-order valence-corrected chi connectivity index (χ3v) is 7.19. The molecule has 1 atom stereocenters. The molecule has 3 aliphatic rings. The van der Waals surface area contributed by atoms with Crippen LogP contribution in [-0.2, 0) is 24.3 Å². The highest BCUT2D eigenvalue weighted by Gasteiger charge is 2.48. The molecule has 1 aliphatic carbocycles. The van der Waals surface area contributed by atoms with Gasteiger partial charge in [-0.3, -0.25) is 9.59 Å². The van der Waals surface area contributed by atoms with E-state index in [1.165, 1.54) is 4.31 Å². The molecule has 7 nitrogen and oxygen atoms in total. The Morgan fingerprint density at radius 2 is 1.78 bits per heavy atom. The lowest BCUT2D eigenvalue weighted by Crippen LogP contribution is -2.58. The van der Waals surface area contributed by atoms with E-state index in [4.69, 9.17) is 4.74 Å². The second kappa shape index (κ2) is 6.39. The molecule has 0 spiro atoms. The zero-order valence-corrected chi connectivity index (χ0v) is 14.3. The van der Waals surface area contributed by atoms with Crippen LogP contribution < -0.4 is 0 Å². The second-order valence-corrected chi connectivity index (χ2v) is 8.85. The number of carbonyl (C=O) groups is 2. The summed E-state index contributed by atoms with van der Waals surface area (Å²) >= 11 is 0. The van der Waals surface area contributed by atoms with Gasteiger partial charge in [-0.05, 0) is 32.6 Å². The molecule has 0 aromatic rings. The predicted octanol–water partition coefficient (Wildman–Crippen LogP) is 0.212. The van der Waals surface area contributed by atoms with Gasteiger partial charge in [-0.25, -0.2) is 8.42 Å². The van der Waals surface area contributed by atoms with Gasteiger partial charge in [0.15, 0.2) is 0 Å². The summed E-state index contributed by atoms with van der Waals surface area (Å²) in [4.78, 5) is 26.1. The van der Waals surface area contributed by atoms with Gasteiger partial charge in [-0.2, -0.15) is 4.31 Å². The summed E-state index contributed by atoms with van der Waals surface area (Å²) in [5.74, 6) is -0.777. The topological polar surface area (TPSA) is 84.0 Å². The maximum absolute atomic E-state index is 12.5. The minimum absolute atomic E-state index is 0.0266. The van der Waals surface area contributed by atoms with Crippen molar-refractivity contribution >= 4 is 21.9 Å². The summed E-state index contributed by atoms with van der Waals surface area (Å²) < 4.78 is 30.6. The Hall–Kier alpha value is -1.15. The van der Waals surface area contributed by atoms with Gasteiger partial charge in [0.1, 0.15) is 0 Å². The van der Waals surface area contributed by atoms with Crippen LogP contribution in [0, 0.1) is 11.8 Å². The number of ether oxygens (including phenoxy) is 1. The standard InChI is InChI=1S/C15H24N2O5S/c1-2-22-15(19)11-4-3-7-16(8-11)14(18)12-9-17(10-12)23(20,21)13-5-6-13/h11-13H,2-10H2,1H3/t11-/m0/s1. The van der Waals surface area contributed by atoms with Crippen molar-refractivity contribution in [1.82, 2.24) is 9.21 Å². The number of hydrogen-bond donors (Lipinski definition) is 0. The largest absolute Gasteiger partial charge is 0.466 e. The molecule has 1 amide bonds. The van der Waals surface area contributed by atoms with Crippen LogP contribution in [0.4, 0.5) is 0 Å². The summed E-state index contributed by atoms with van der Waals surface area (Å²) in [5, 5.41) is -0.221. The summed E-state index contributed by atoms with van der Waals surface area (Å²) in [5.41, 5.74) is 0. The monoisotopic (exact) mass is 344 g/mol. The molecular weight excluding hydrogens is 320 g/mol. The lowest BCUT2D eigenvalue weighted by Gasteiger charge is -2.41. The Kier molecular flexibility index (Phi) is 4.64. The van der Waals surface area contributed by atoms with E-state index in [1.807, 2.05) is 0 Å². The first-order chi connectivity index (χ1) is 10.9. The van der Waals surface area contributed by atoms with Crippen LogP contribution >= 0.6 is 0 Å². The Morgan fingerprint density at radius 3 is 2.39 bits per heavy atom. The van der Waals surface area contributed by atoms with Crippen LogP contribution in [0.5, 0.6) is 0 Å². The van der Waals surface area contributed by atoms with E-state index in [2.05, 4.69) is 0 Å². The number of rotatable bonds is 5. The van der Waals surface area contributed by atoms with E-state index in [0.717, 1.165) is 25.7 Å². The Balaban J connectivity index is 1.52. The normalized spacial score (nSPS) is 26.7. The molecule has 0 unspecified atom stereocenters. The fraction of sp³-hybridized carbons (Fsp3) is 0.867. The maximum Gasteiger partial charge on any atom is 0.310 e. The molecule has 3 rings (SSSR count). The highest BCUT2D eigenvalue weighted by atomic mass is 32.2. The molecule has 0 bridgehead atoms. The average molecular weight is 344 g/mol. The van der Waals surface area contributed by atoms with Crippen molar-refractivity contribution in [2.75, 3.05) is 32.8 Å². The molecule has 23 heavy (non-hydrogen) atoms. The Bertz CT molecular complexity index is 581. The molecule has 0 radical (unpaired) electrons. The molecule has 130 valence electrons. The van der Waals surface area contributed by atoms with E-state index in [0.29, 0.717) is 19.7 Å². The van der Waals surface area contributed by atoms with E-state index in [1.54, 1.807) is 11.8 Å². The molecule has 0 aromatic carbocycles. The van der Waals surface area contributed by atoms with E-state index < -0.39 is 10.0 Å². The minimum atomic E-state index is -3.17. The van der Waals surface area contributed by atoms with E-state index >= 15 is 0 Å². The van der Waals surface area contributed by atoms with Crippen molar-refractivity contribution in [1.29, 1.82) is 0 Å². The Morgan fingerprint density at radius 1 is 1.09 bits per heavy atom. The first kappa shape index (κ1) is 16.7. The fourth-order valence-corrected chi connectivity index (χ4v) is 5.20. The molecule has 8 heteroatoms. The van der Waals surface area contributed by atoms with Gasteiger partial charge in [0.2, 0.25) is 15.9 Å². The van der Waals surface area contributed by atoms with Gasteiger partial charge < -0.3 is 9.64 Å². The van der Waals surface area contributed by atoms with Crippen LogP contribution in [-0.4, -0.2) is 67.5 Å². The zero-order chi connectivity index (χ0) is 16.6. The van der Waals surface area contributed by atoms with Crippen LogP contribution in [0.2, 0.25) is 0 Å². The van der Waals surface area contributed by atoms with Crippen LogP contribution in [0.3, 0.4) is 0 Å². The number of nitrogens with zero attached hydrogens (tertiary/aromatic N) is 2. The highest BCUT2D eigenvalue weighted by Crippen LogP contribution is 2.35. The number of sulfonamides is 1. The lowest BCUT2D eigenvalue weighted by molar-refractivity contribution is -0.152. The summed E-state index contributed by atoms with van der Waals surface area (Å²) in [7, 11) is -3.17. The molecule has 2 saturated heterocycles. The highest BCUT2D eigenvalue weighted by molar-refractivity contribution is 7.90. The average Bonchev–Trinajstić information content (AvgIpc) is 3.30. The predicted molar refractivity (Wildman–Crippen MR) is 82.9 cm³/mol. The van der Waals surface area contributed by atoms with Crippen molar-refractivity contribution in [2.24, 2.45) is 11.8 Å². The number of piperidine rings is 1. The SMILES string of the molecule is CCOC(=O)[C@H]1CCCN(C(=O)C2CN(S(=O)(=O)C3CC3)C2)C1. The van der Waals surface area contributed by atoms with Crippen LogP contribution in [0.25, 0.3) is 0 Å². The van der Waals surface area contributed by atoms with Gasteiger partial charge >= 0.3 is 5.97 Å². The van der Waals surface area contributed by atoms with Gasteiger partial charge in [0.25, 0.3) is 0 Å². The van der Waals surface area contributed by atoms with Crippen LogP contribution in [0.1, 0.15) is 32.6 Å². The maximum atomic E-state index is 12.5. The number of likely N-dealkylation sites (tertiary alicyclic amines) is 1. The van der Waals surface area contributed by atoms with Crippen molar-refractivity contribution < 1.29 is 22.7 Å². The van der Waals surface area contributed by atoms with Gasteiger partial charge in [0.05, 0.1) is 23.7 Å². The van der Waals surface area contributed by atoms with Crippen molar-refractivity contribution in [3.63, 3.8) is 0 Å². The van der Waals surface area contributed by atoms with Gasteiger partial charge in [0, 0.05) is 26.2 Å². The second-order valence-electron chi connectivity index (χ2n) is 6.63. The molecule has 0 aromatic heterocycles. The van der Waals surface area contributed by atoms with Crippen LogP contribution in [0.15, 0.2) is 0 Å². The quantitative estimate of drug-likeness (QED) is 0.666. The number of carbonyl (C=O) groups excluding carboxylic acids is 2. The molecule has 2 aliphatic heterocycles. The first-order valence-corrected chi connectivity index (χ1v) is 9.88. The first-order valence-electron chi connectivity index (χ1n) is 8.38. The summed E-state index contributed by atoms with van der Waals surface area (Å²) in [6, 6.07) is 0. The molecule has 1 saturated carbocycles. The molecule has 0 N–H and O–H groups in total. The van der Waals surface area contributed by atoms with E-state index in [9.17, 15) is 18.0 Å². The fourth-order valence-electron chi connectivity index (χ4n) is 3.27. The lowest BCUT2D eigenvalue weighted by atomic mass is 9.95. The zero-order valence-electron chi connectivity index (χ0n) is 13.4. The van der Waals surface area contributed by atoms with Gasteiger partial charge in [-0.1, -0.05) is 0 Å². The molecule has 2 heterocycles.